The van der Waals surface area contributed by atoms with Crippen LogP contribution in [-0.4, -0.2) is 39.7 Å². The van der Waals surface area contributed by atoms with E-state index < -0.39 is 5.25 Å². The molecule has 146 valence electrons. The second-order valence-electron chi connectivity index (χ2n) is 6.98. The number of hydrogen-bond donors (Lipinski definition) is 1. The van der Waals surface area contributed by atoms with Crippen molar-refractivity contribution in [1.29, 1.82) is 0 Å². The van der Waals surface area contributed by atoms with Gasteiger partial charge in [0.15, 0.2) is 5.17 Å². The molecule has 0 spiro atoms. The lowest BCUT2D eigenvalue weighted by Crippen LogP contribution is -2.41. The molecule has 0 radical (unpaired) electrons. The number of carbonyl (C=O) groups excluding carboxylic acids is 2. The van der Waals surface area contributed by atoms with Gasteiger partial charge in [0.2, 0.25) is 11.8 Å². The lowest BCUT2D eigenvalue weighted by atomic mass is 10.1. The third-order valence-electron chi connectivity index (χ3n) is 4.95. The summed E-state index contributed by atoms with van der Waals surface area (Å²) in [5.41, 5.74) is 0.683. The number of aliphatic imine (C=N–C) groups is 1. The molecule has 2 amide bonds. The zero-order valence-electron chi connectivity index (χ0n) is 15.6. The average Bonchev–Trinajstić information content (AvgIpc) is 2.82. The minimum Gasteiger partial charge on any atom is -0.326 e. The van der Waals surface area contributed by atoms with Crippen molar-refractivity contribution in [2.75, 3.05) is 11.9 Å². The van der Waals surface area contributed by atoms with Crippen LogP contribution in [0.3, 0.4) is 0 Å². The maximum absolute atomic E-state index is 13.1. The summed E-state index contributed by atoms with van der Waals surface area (Å²) in [5, 5.41) is 3.86. The lowest BCUT2D eigenvalue weighted by molar-refractivity contribution is -0.129. The molecule has 0 aromatic heterocycles. The molecule has 1 saturated carbocycles. The summed E-state index contributed by atoms with van der Waals surface area (Å²) in [4.78, 5) is 31.9. The van der Waals surface area contributed by atoms with Crippen molar-refractivity contribution in [1.82, 2.24) is 4.90 Å². The maximum Gasteiger partial charge on any atom is 0.242 e. The van der Waals surface area contributed by atoms with Crippen molar-refractivity contribution in [2.45, 2.75) is 63.2 Å². The third-order valence-corrected chi connectivity index (χ3v) is 6.39. The van der Waals surface area contributed by atoms with Crippen LogP contribution >= 0.6 is 23.4 Å². The van der Waals surface area contributed by atoms with E-state index in [2.05, 4.69) is 10.3 Å². The Balaban J connectivity index is 1.66. The molecule has 2 fully saturated rings. The topological polar surface area (TPSA) is 61.8 Å². The predicted molar refractivity (Wildman–Crippen MR) is 112 cm³/mol. The number of benzene rings is 1. The molecular weight excluding hydrogens is 382 g/mol. The summed E-state index contributed by atoms with van der Waals surface area (Å²) in [7, 11) is 0. The monoisotopic (exact) mass is 407 g/mol. The van der Waals surface area contributed by atoms with Crippen molar-refractivity contribution in [3.05, 3.63) is 29.3 Å². The summed E-state index contributed by atoms with van der Waals surface area (Å²) in [6.45, 7) is 2.62. The van der Waals surface area contributed by atoms with E-state index in [4.69, 9.17) is 11.6 Å². The zero-order valence-corrected chi connectivity index (χ0v) is 17.2. The zero-order chi connectivity index (χ0) is 19.2. The van der Waals surface area contributed by atoms with E-state index in [1.165, 1.54) is 24.6 Å². The molecule has 0 bridgehead atoms. The molecule has 2 aliphatic rings. The Hall–Kier alpha value is -1.53. The standard InChI is InChI=1S/C20H26ClN3O2S/c1-2-22-20-24(16-7-5-3-4-6-8-16)19(26)17(27-20)13-18(25)23-15-11-9-14(21)10-12-15/h9-12,16-17H,2-8,13H2,1H3,(H,23,25)/t17-/m1/s1. The first-order valence-corrected chi connectivity index (χ1v) is 10.9. The summed E-state index contributed by atoms with van der Waals surface area (Å²) in [5.74, 6) is -0.132. The average molecular weight is 408 g/mol. The number of nitrogens with zero attached hydrogens (tertiary/aromatic N) is 2. The molecule has 7 heteroatoms. The summed E-state index contributed by atoms with van der Waals surface area (Å²) in [6, 6.07) is 7.19. The van der Waals surface area contributed by atoms with E-state index in [0.717, 1.165) is 30.9 Å². The first kappa shape index (κ1) is 20.2. The van der Waals surface area contributed by atoms with Crippen LogP contribution in [0.15, 0.2) is 29.3 Å². The highest BCUT2D eigenvalue weighted by molar-refractivity contribution is 8.15. The van der Waals surface area contributed by atoms with Crippen LogP contribution < -0.4 is 5.32 Å². The molecule has 1 heterocycles. The first-order valence-electron chi connectivity index (χ1n) is 9.68. The van der Waals surface area contributed by atoms with Crippen LogP contribution in [0.4, 0.5) is 5.69 Å². The molecule has 1 atom stereocenters. The minimum absolute atomic E-state index is 0.0327. The lowest BCUT2D eigenvalue weighted by Gasteiger charge is -2.26. The molecule has 1 saturated heterocycles. The van der Waals surface area contributed by atoms with Gasteiger partial charge in [-0.2, -0.15) is 0 Å². The highest BCUT2D eigenvalue weighted by atomic mass is 35.5. The van der Waals surface area contributed by atoms with Crippen LogP contribution in [0.5, 0.6) is 0 Å². The fraction of sp³-hybridized carbons (Fsp3) is 0.550. The Morgan fingerprint density at radius 1 is 1.22 bits per heavy atom. The Labute approximate surface area is 169 Å². The van der Waals surface area contributed by atoms with Crippen LogP contribution in [-0.2, 0) is 9.59 Å². The molecule has 1 aromatic carbocycles. The van der Waals surface area contributed by atoms with Gasteiger partial charge >= 0.3 is 0 Å². The number of rotatable bonds is 5. The molecule has 1 aliphatic heterocycles. The molecule has 1 aliphatic carbocycles. The molecule has 27 heavy (non-hydrogen) atoms. The quantitative estimate of drug-likeness (QED) is 0.719. The molecule has 1 aromatic rings. The van der Waals surface area contributed by atoms with E-state index in [1.54, 1.807) is 24.3 Å². The van der Waals surface area contributed by atoms with Crippen molar-refractivity contribution in [2.24, 2.45) is 4.99 Å². The van der Waals surface area contributed by atoms with Crippen LogP contribution in [0, 0.1) is 0 Å². The van der Waals surface area contributed by atoms with Gasteiger partial charge in [0, 0.05) is 29.7 Å². The van der Waals surface area contributed by atoms with Crippen LogP contribution in [0.1, 0.15) is 51.9 Å². The van der Waals surface area contributed by atoms with Crippen molar-refractivity contribution in [3.63, 3.8) is 0 Å². The minimum atomic E-state index is -0.397. The fourth-order valence-electron chi connectivity index (χ4n) is 3.63. The number of thioether (sulfide) groups is 1. The van der Waals surface area contributed by atoms with E-state index in [0.29, 0.717) is 17.3 Å². The van der Waals surface area contributed by atoms with Gasteiger partial charge in [-0.3, -0.25) is 19.5 Å². The Kier molecular flexibility index (Phi) is 7.19. The second kappa shape index (κ2) is 9.60. The number of amides is 2. The van der Waals surface area contributed by atoms with E-state index in [-0.39, 0.29) is 24.3 Å². The van der Waals surface area contributed by atoms with Gasteiger partial charge in [-0.05, 0) is 44.0 Å². The smallest absolute Gasteiger partial charge is 0.242 e. The second-order valence-corrected chi connectivity index (χ2v) is 8.58. The van der Waals surface area contributed by atoms with Gasteiger partial charge < -0.3 is 5.32 Å². The largest absolute Gasteiger partial charge is 0.326 e. The summed E-state index contributed by atoms with van der Waals surface area (Å²) < 4.78 is 0. The van der Waals surface area contributed by atoms with Gasteiger partial charge in [-0.25, -0.2) is 0 Å². The SMILES string of the molecule is CCN=C1S[C@H](CC(=O)Nc2ccc(Cl)cc2)C(=O)N1C1CCCCCC1. The van der Waals surface area contributed by atoms with Gasteiger partial charge in [0.25, 0.3) is 0 Å². The molecule has 1 N–H and O–H groups in total. The predicted octanol–water partition coefficient (Wildman–Crippen LogP) is 4.71. The van der Waals surface area contributed by atoms with Crippen LogP contribution in [0.25, 0.3) is 0 Å². The van der Waals surface area contributed by atoms with Crippen LogP contribution in [0.2, 0.25) is 5.02 Å². The number of carbonyl (C=O) groups is 2. The van der Waals surface area contributed by atoms with Crippen molar-refractivity contribution in [3.8, 4) is 0 Å². The van der Waals surface area contributed by atoms with Gasteiger partial charge in [0.1, 0.15) is 5.25 Å². The number of amidine groups is 1. The summed E-state index contributed by atoms with van der Waals surface area (Å²) >= 11 is 7.31. The number of hydrogen-bond acceptors (Lipinski definition) is 4. The highest BCUT2D eigenvalue weighted by Crippen LogP contribution is 2.35. The number of anilines is 1. The third kappa shape index (κ3) is 5.26. The van der Waals surface area contributed by atoms with E-state index >= 15 is 0 Å². The Morgan fingerprint density at radius 3 is 2.52 bits per heavy atom. The van der Waals surface area contributed by atoms with Crippen molar-refractivity contribution < 1.29 is 9.59 Å². The normalized spacial score (nSPS) is 22.9. The molecular formula is C20H26ClN3O2S. The van der Waals surface area contributed by atoms with Gasteiger partial charge in [0.05, 0.1) is 0 Å². The summed E-state index contributed by atoms with van der Waals surface area (Å²) in [6.07, 6.45) is 6.98. The highest BCUT2D eigenvalue weighted by Gasteiger charge is 2.42. The number of halogens is 1. The van der Waals surface area contributed by atoms with E-state index in [9.17, 15) is 9.59 Å². The molecule has 5 nitrogen and oxygen atoms in total. The van der Waals surface area contributed by atoms with Crippen molar-refractivity contribution >= 4 is 46.0 Å². The Morgan fingerprint density at radius 2 is 1.89 bits per heavy atom. The van der Waals surface area contributed by atoms with Gasteiger partial charge in [-0.15, -0.1) is 0 Å². The fourth-order valence-corrected chi connectivity index (χ4v) is 5.01. The molecule has 0 unspecified atom stereocenters. The van der Waals surface area contributed by atoms with E-state index in [1.807, 2.05) is 11.8 Å². The first-order chi connectivity index (χ1) is 13.1. The molecule has 3 rings (SSSR count). The van der Waals surface area contributed by atoms with Gasteiger partial charge in [-0.1, -0.05) is 49.0 Å². The number of nitrogens with one attached hydrogen (secondary N) is 1. The maximum atomic E-state index is 13.1. The Bertz CT molecular complexity index is 700.